The maximum absolute atomic E-state index is 13.7. The van der Waals surface area contributed by atoms with E-state index in [4.69, 9.17) is 16.0 Å². The van der Waals surface area contributed by atoms with Crippen molar-refractivity contribution < 1.29 is 23.6 Å². The van der Waals surface area contributed by atoms with Gasteiger partial charge in [0.25, 0.3) is 11.8 Å². The zero-order valence-corrected chi connectivity index (χ0v) is 22.7. The van der Waals surface area contributed by atoms with Gasteiger partial charge < -0.3 is 19.5 Å². The quantitative estimate of drug-likeness (QED) is 0.610. The zero-order valence-electron chi connectivity index (χ0n) is 21.9. The molecule has 0 bridgehead atoms. The minimum atomic E-state index is -0.782. The summed E-state index contributed by atoms with van der Waals surface area (Å²) in [5.41, 5.74) is 1.54. The first-order valence-corrected chi connectivity index (χ1v) is 13.1. The van der Waals surface area contributed by atoms with E-state index in [1.54, 1.807) is 12.1 Å². The van der Waals surface area contributed by atoms with Crippen molar-refractivity contribution in [3.63, 3.8) is 0 Å². The molecular weight excluding hydrogens is 494 g/mol. The van der Waals surface area contributed by atoms with Crippen molar-refractivity contribution in [3.8, 4) is 0 Å². The average molecular weight is 528 g/mol. The largest absolute Gasteiger partial charge is 0.440 e. The van der Waals surface area contributed by atoms with Crippen molar-refractivity contribution in [2.45, 2.75) is 71.0 Å². The minimum absolute atomic E-state index is 0.0380. The molecule has 0 aliphatic carbocycles. The molecule has 2 fully saturated rings. The topological polar surface area (TPSA) is 99.9 Å². The number of rotatable bonds is 6. The third-order valence-corrected chi connectivity index (χ3v) is 7.28. The van der Waals surface area contributed by atoms with Crippen LogP contribution >= 0.6 is 11.6 Å². The third kappa shape index (κ3) is 5.59. The van der Waals surface area contributed by atoms with Crippen LogP contribution in [0.5, 0.6) is 0 Å². The molecule has 0 saturated carbocycles. The molecule has 0 radical (unpaired) electrons. The number of furan rings is 1. The molecule has 3 atom stereocenters. The first-order chi connectivity index (χ1) is 17.4. The summed E-state index contributed by atoms with van der Waals surface area (Å²) in [7, 11) is 0. The molecule has 3 amide bonds. The molecule has 3 heterocycles. The molecule has 9 heteroatoms. The van der Waals surface area contributed by atoms with E-state index in [1.165, 1.54) is 21.9 Å². The number of likely N-dealkylation sites (tertiary alicyclic amines) is 2. The van der Waals surface area contributed by atoms with Crippen LogP contribution in [0.15, 0.2) is 40.8 Å². The number of halogens is 1. The summed E-state index contributed by atoms with van der Waals surface area (Å²) in [5.74, 6) is -1.06. The highest BCUT2D eigenvalue weighted by Crippen LogP contribution is 2.32. The zero-order chi connectivity index (χ0) is 27.1. The van der Waals surface area contributed by atoms with Gasteiger partial charge >= 0.3 is 0 Å². The third-order valence-electron chi connectivity index (χ3n) is 7.07. The molecule has 2 saturated heterocycles. The second kappa shape index (κ2) is 10.3. The highest BCUT2D eigenvalue weighted by Gasteiger charge is 2.52. The standard InChI is InChI=1S/C28H34ClN3O5/c1-16(2)14-19(30-25(34)17-6-8-18(9-7-17)28(3,4)5)26(35)31-13-12-20-24(31)21(33)15-32(20)27(36)22-10-11-23(29)37-22/h6-11,16,19-20,24H,12-15H2,1-5H3,(H,30,34). The Morgan fingerprint density at radius 3 is 2.32 bits per heavy atom. The Morgan fingerprint density at radius 2 is 1.76 bits per heavy atom. The van der Waals surface area contributed by atoms with Gasteiger partial charge in [-0.1, -0.05) is 46.8 Å². The summed E-state index contributed by atoms with van der Waals surface area (Å²) < 4.78 is 5.24. The predicted octanol–water partition coefficient (Wildman–Crippen LogP) is 4.07. The minimum Gasteiger partial charge on any atom is -0.440 e. The second-order valence-electron chi connectivity index (χ2n) is 11.3. The van der Waals surface area contributed by atoms with Crippen LogP contribution < -0.4 is 5.32 Å². The smallest absolute Gasteiger partial charge is 0.290 e. The number of nitrogens with one attached hydrogen (secondary N) is 1. The number of hydrogen-bond acceptors (Lipinski definition) is 5. The van der Waals surface area contributed by atoms with Crippen LogP contribution in [0.3, 0.4) is 0 Å². The van der Waals surface area contributed by atoms with E-state index in [-0.39, 0.29) is 46.5 Å². The highest BCUT2D eigenvalue weighted by molar-refractivity contribution is 6.29. The summed E-state index contributed by atoms with van der Waals surface area (Å²) in [5, 5.41) is 3.00. The fourth-order valence-electron chi connectivity index (χ4n) is 5.17. The normalized spacial score (nSPS) is 20.4. The molecule has 1 aromatic heterocycles. The monoisotopic (exact) mass is 527 g/mol. The maximum Gasteiger partial charge on any atom is 0.290 e. The van der Waals surface area contributed by atoms with Crippen molar-refractivity contribution in [2.75, 3.05) is 13.1 Å². The van der Waals surface area contributed by atoms with E-state index in [2.05, 4.69) is 26.1 Å². The van der Waals surface area contributed by atoms with Crippen LogP contribution in [0.1, 0.15) is 73.9 Å². The number of benzene rings is 1. The van der Waals surface area contributed by atoms with Crippen LogP contribution in [-0.4, -0.2) is 64.5 Å². The molecule has 2 aromatic rings. The summed E-state index contributed by atoms with van der Waals surface area (Å²) >= 11 is 5.81. The number of amides is 3. The fourth-order valence-corrected chi connectivity index (χ4v) is 5.31. The van der Waals surface area contributed by atoms with Gasteiger partial charge in [-0.05, 0) is 65.6 Å². The average Bonchev–Trinajstić information content (AvgIpc) is 3.54. The molecule has 37 heavy (non-hydrogen) atoms. The fraction of sp³-hybridized carbons (Fsp3) is 0.500. The Labute approximate surface area is 222 Å². The predicted molar refractivity (Wildman–Crippen MR) is 140 cm³/mol. The van der Waals surface area contributed by atoms with E-state index < -0.39 is 24.0 Å². The molecule has 1 N–H and O–H groups in total. The van der Waals surface area contributed by atoms with Gasteiger partial charge in [0.05, 0.1) is 12.6 Å². The summed E-state index contributed by atoms with van der Waals surface area (Å²) in [6, 6.07) is 8.38. The van der Waals surface area contributed by atoms with Crippen molar-refractivity contribution >= 4 is 35.1 Å². The van der Waals surface area contributed by atoms with Crippen molar-refractivity contribution in [3.05, 3.63) is 58.5 Å². The molecule has 2 aliphatic heterocycles. The number of Topliss-reactive ketones (excluding diaryl/α,β-unsaturated/α-hetero) is 1. The number of fused-ring (bicyclic) bond motifs is 1. The number of carbonyl (C=O) groups excluding carboxylic acids is 4. The first kappa shape index (κ1) is 26.9. The van der Waals surface area contributed by atoms with Crippen LogP contribution in [0.2, 0.25) is 5.22 Å². The van der Waals surface area contributed by atoms with Crippen molar-refractivity contribution in [1.29, 1.82) is 0 Å². The van der Waals surface area contributed by atoms with Crippen molar-refractivity contribution in [1.82, 2.24) is 15.1 Å². The van der Waals surface area contributed by atoms with Gasteiger partial charge in [0.15, 0.2) is 16.8 Å². The lowest BCUT2D eigenvalue weighted by Crippen LogP contribution is -2.53. The highest BCUT2D eigenvalue weighted by atomic mass is 35.5. The molecule has 198 valence electrons. The van der Waals surface area contributed by atoms with Crippen LogP contribution in [0.25, 0.3) is 0 Å². The Morgan fingerprint density at radius 1 is 1.08 bits per heavy atom. The van der Waals surface area contributed by atoms with Crippen LogP contribution in [0, 0.1) is 5.92 Å². The molecule has 2 aliphatic rings. The van der Waals surface area contributed by atoms with Gasteiger partial charge in [0, 0.05) is 12.1 Å². The van der Waals surface area contributed by atoms with Gasteiger partial charge in [-0.25, -0.2) is 0 Å². The number of carbonyl (C=O) groups is 4. The van der Waals surface area contributed by atoms with Gasteiger partial charge in [0.1, 0.15) is 12.1 Å². The van der Waals surface area contributed by atoms with E-state index in [0.29, 0.717) is 24.9 Å². The number of ketones is 1. The van der Waals surface area contributed by atoms with Gasteiger partial charge in [0.2, 0.25) is 5.91 Å². The Bertz CT molecular complexity index is 1200. The lowest BCUT2D eigenvalue weighted by Gasteiger charge is -2.29. The Balaban J connectivity index is 1.49. The number of hydrogen-bond donors (Lipinski definition) is 1. The Hall–Kier alpha value is -3.13. The molecule has 3 unspecified atom stereocenters. The van der Waals surface area contributed by atoms with E-state index in [1.807, 2.05) is 26.0 Å². The first-order valence-electron chi connectivity index (χ1n) is 12.7. The van der Waals surface area contributed by atoms with Gasteiger partial charge in [-0.2, -0.15) is 0 Å². The van der Waals surface area contributed by atoms with Crippen molar-refractivity contribution in [2.24, 2.45) is 5.92 Å². The van der Waals surface area contributed by atoms with Crippen LogP contribution in [-0.2, 0) is 15.0 Å². The SMILES string of the molecule is CC(C)CC(NC(=O)c1ccc(C(C)(C)C)cc1)C(=O)N1CCC2C1C(=O)CN2C(=O)c1ccc(Cl)o1. The molecule has 1 aromatic carbocycles. The summed E-state index contributed by atoms with van der Waals surface area (Å²) in [4.78, 5) is 55.7. The molecule has 0 spiro atoms. The van der Waals surface area contributed by atoms with E-state index in [0.717, 1.165) is 5.56 Å². The maximum atomic E-state index is 13.7. The van der Waals surface area contributed by atoms with Crippen LogP contribution in [0.4, 0.5) is 0 Å². The second-order valence-corrected chi connectivity index (χ2v) is 11.7. The van der Waals surface area contributed by atoms with E-state index in [9.17, 15) is 19.2 Å². The molecule has 8 nitrogen and oxygen atoms in total. The summed E-state index contributed by atoms with van der Waals surface area (Å²) in [6.07, 6.45) is 0.902. The lowest BCUT2D eigenvalue weighted by atomic mass is 9.86. The van der Waals surface area contributed by atoms with E-state index >= 15 is 0 Å². The Kier molecular flexibility index (Phi) is 7.51. The van der Waals surface area contributed by atoms with Gasteiger partial charge in [-0.15, -0.1) is 0 Å². The lowest BCUT2D eigenvalue weighted by molar-refractivity contribution is -0.138. The molecule has 4 rings (SSSR count). The summed E-state index contributed by atoms with van der Waals surface area (Å²) in [6.45, 7) is 10.5. The number of nitrogens with zero attached hydrogens (tertiary/aromatic N) is 2. The van der Waals surface area contributed by atoms with Gasteiger partial charge in [-0.3, -0.25) is 19.2 Å². The molecular formula is C28H34ClN3O5.